The van der Waals surface area contributed by atoms with Crippen LogP contribution in [0.2, 0.25) is 0 Å². The molecule has 0 unspecified atom stereocenters. The van der Waals surface area contributed by atoms with E-state index >= 15 is 0 Å². The summed E-state index contributed by atoms with van der Waals surface area (Å²) in [6.07, 6.45) is 0. The minimum atomic E-state index is -0.616. The molecule has 10 aromatic carbocycles. The minimum Gasteiger partial charge on any atom is -0.311 e. The van der Waals surface area contributed by atoms with Crippen molar-refractivity contribution in [2.45, 2.75) is 116 Å². The molecule has 3 heterocycles. The van der Waals surface area contributed by atoms with Crippen LogP contribution in [-0.2, 0) is 32.5 Å². The number of hydrogen-bond acceptors (Lipinski definition) is 3. The molecule has 1 spiro atoms. The maximum atomic E-state index is 2.68. The summed E-state index contributed by atoms with van der Waals surface area (Å²) in [5.41, 5.74) is 27.2. The van der Waals surface area contributed by atoms with Crippen LogP contribution in [0.1, 0.15) is 150 Å². The zero-order valence-electron chi connectivity index (χ0n) is 50.7. The average Bonchev–Trinajstić information content (AvgIpc) is 1.34. The van der Waals surface area contributed by atoms with E-state index in [1.807, 2.05) is 11.3 Å². The first-order valence-corrected chi connectivity index (χ1v) is 31.2. The molecule has 2 aliphatic carbocycles. The van der Waals surface area contributed by atoms with E-state index in [1.54, 1.807) is 0 Å². The Bertz CT molecular complexity index is 4370. The number of nitrogens with zero attached hydrogens (tertiary/aromatic N) is 2. The van der Waals surface area contributed by atoms with Crippen LogP contribution in [0.5, 0.6) is 0 Å². The number of hydrogen-bond donors (Lipinski definition) is 0. The first-order chi connectivity index (χ1) is 40.2. The first-order valence-electron chi connectivity index (χ1n) is 30.4. The second-order valence-electron chi connectivity index (χ2n) is 28.5. The molecule has 0 saturated heterocycles. The summed E-state index contributed by atoms with van der Waals surface area (Å²) in [5.74, 6) is 0. The molecule has 0 fully saturated rings. The molecule has 15 rings (SSSR count). The van der Waals surface area contributed by atoms with Gasteiger partial charge in [-0.2, -0.15) is 0 Å². The molecule has 0 saturated carbocycles. The third-order valence-electron chi connectivity index (χ3n) is 19.4. The van der Waals surface area contributed by atoms with E-state index in [0.29, 0.717) is 0 Å². The van der Waals surface area contributed by atoms with E-state index in [9.17, 15) is 0 Å². The molecule has 412 valence electrons. The lowest BCUT2D eigenvalue weighted by Crippen LogP contribution is -2.60. The highest BCUT2D eigenvalue weighted by molar-refractivity contribution is 7.33. The number of rotatable bonds is 4. The SMILES string of the molecule is CC(C)(C)c1ccc(N2c3cc(C(C)(C)C)ccc3B3c4sc5cc6c(cc5c4N(c4ccc(C(C)(C)C)cc4)c4cc(C(C)(C)C)cc2c43)-c2ccccc2C62c3ccccc3C(c3ccccc3)(c3ccccc3)c3ccccc32)cc1. The monoisotopic (exact) mass is 1100 g/mol. The Morgan fingerprint density at radius 1 is 0.345 bits per heavy atom. The van der Waals surface area contributed by atoms with Gasteiger partial charge in [0.25, 0.3) is 6.71 Å². The second-order valence-corrected chi connectivity index (χ2v) is 29.6. The maximum absolute atomic E-state index is 2.68. The highest BCUT2D eigenvalue weighted by Gasteiger charge is 2.57. The minimum absolute atomic E-state index is 0.00214. The van der Waals surface area contributed by atoms with Gasteiger partial charge in [-0.25, -0.2) is 0 Å². The summed E-state index contributed by atoms with van der Waals surface area (Å²) in [6.45, 7) is 28.1. The van der Waals surface area contributed by atoms with Crippen LogP contribution in [0, 0.1) is 0 Å². The van der Waals surface area contributed by atoms with Crippen LogP contribution in [0.15, 0.2) is 224 Å². The molecule has 1 aromatic heterocycles. The summed E-state index contributed by atoms with van der Waals surface area (Å²) in [7, 11) is 0. The Kier molecular flexibility index (Phi) is 11.4. The molecular weight excluding hydrogens is 1030 g/mol. The van der Waals surface area contributed by atoms with Crippen LogP contribution >= 0.6 is 11.3 Å². The highest BCUT2D eigenvalue weighted by Crippen LogP contribution is 2.65. The van der Waals surface area contributed by atoms with Crippen molar-refractivity contribution >= 4 is 78.0 Å². The van der Waals surface area contributed by atoms with E-state index in [1.165, 1.54) is 138 Å². The lowest BCUT2D eigenvalue weighted by molar-refractivity contribution is 0.589. The molecule has 0 atom stereocenters. The highest BCUT2D eigenvalue weighted by atomic mass is 32.1. The van der Waals surface area contributed by atoms with E-state index in [0.717, 1.165) is 0 Å². The van der Waals surface area contributed by atoms with Crippen LogP contribution in [-0.4, -0.2) is 6.71 Å². The number of fused-ring (bicyclic) bond motifs is 15. The fourth-order valence-corrected chi connectivity index (χ4v) is 16.6. The van der Waals surface area contributed by atoms with Gasteiger partial charge in [-0.1, -0.05) is 253 Å². The van der Waals surface area contributed by atoms with Crippen molar-refractivity contribution in [2.75, 3.05) is 9.80 Å². The van der Waals surface area contributed by atoms with Crippen molar-refractivity contribution in [2.24, 2.45) is 0 Å². The zero-order valence-corrected chi connectivity index (χ0v) is 51.6. The molecule has 0 N–H and O–H groups in total. The fourth-order valence-electron chi connectivity index (χ4n) is 15.2. The third kappa shape index (κ3) is 7.41. The Morgan fingerprint density at radius 3 is 1.29 bits per heavy atom. The molecule has 84 heavy (non-hydrogen) atoms. The summed E-state index contributed by atoms with van der Waals surface area (Å²) >= 11 is 2.02. The average molecular weight is 1110 g/mol. The third-order valence-corrected chi connectivity index (χ3v) is 20.6. The Hall–Kier alpha value is -8.18. The standard InChI is InChI=1S/C80H73BN2S/c1-75(2,3)50-35-40-56(41-36-50)82-68-45-54(77(7,8)9)39-44-67(68)81-72-69(82)46-55(78(10,11)12)47-70(72)83(57-42-37-51(38-43-57)76(4,5)6)73-60-48-59-58-29-19-20-30-61(58)80(66(59)49-71(60)84-74(73)81)64-33-23-21-31-62(64)79(52-25-15-13-16-26-52,53-27-17-14-18-28-53)63-32-22-24-34-65(63)80/h13-49H,1-12H3. The summed E-state index contributed by atoms with van der Waals surface area (Å²) in [5, 5.41) is 1.29. The Morgan fingerprint density at radius 2 is 0.774 bits per heavy atom. The van der Waals surface area contributed by atoms with E-state index in [2.05, 4.69) is 317 Å². The van der Waals surface area contributed by atoms with Gasteiger partial charge >= 0.3 is 0 Å². The van der Waals surface area contributed by atoms with Gasteiger partial charge < -0.3 is 9.80 Å². The van der Waals surface area contributed by atoms with Gasteiger partial charge in [0.15, 0.2) is 0 Å². The van der Waals surface area contributed by atoms with Crippen molar-refractivity contribution in [3.8, 4) is 11.1 Å². The van der Waals surface area contributed by atoms with Crippen LogP contribution in [0.4, 0.5) is 34.1 Å². The predicted molar refractivity (Wildman–Crippen MR) is 360 cm³/mol. The first kappa shape index (κ1) is 52.6. The van der Waals surface area contributed by atoms with Gasteiger partial charge in [0.1, 0.15) is 0 Å². The summed E-state index contributed by atoms with van der Waals surface area (Å²) < 4.78 is 2.69. The van der Waals surface area contributed by atoms with Gasteiger partial charge in [-0.05, 0) is 165 Å². The predicted octanol–water partition coefficient (Wildman–Crippen LogP) is 19.2. The molecule has 4 aliphatic rings. The van der Waals surface area contributed by atoms with Crippen molar-refractivity contribution in [3.05, 3.63) is 291 Å². The smallest absolute Gasteiger partial charge is 0.264 e. The molecule has 0 radical (unpaired) electrons. The Labute approximate surface area is 502 Å². The van der Waals surface area contributed by atoms with Crippen LogP contribution < -0.4 is 25.5 Å². The van der Waals surface area contributed by atoms with Gasteiger partial charge in [0.2, 0.25) is 0 Å². The largest absolute Gasteiger partial charge is 0.311 e. The second kappa shape index (κ2) is 18.2. The molecule has 4 heteroatoms. The van der Waals surface area contributed by atoms with Crippen LogP contribution in [0.3, 0.4) is 0 Å². The Balaban J connectivity index is 1.06. The molecule has 0 amide bonds. The van der Waals surface area contributed by atoms with E-state index < -0.39 is 10.8 Å². The van der Waals surface area contributed by atoms with Gasteiger partial charge in [-0.15, -0.1) is 11.3 Å². The zero-order chi connectivity index (χ0) is 58.0. The topological polar surface area (TPSA) is 6.48 Å². The molecule has 2 nitrogen and oxygen atoms in total. The van der Waals surface area contributed by atoms with Crippen molar-refractivity contribution in [1.82, 2.24) is 0 Å². The van der Waals surface area contributed by atoms with Gasteiger partial charge in [-0.3, -0.25) is 0 Å². The van der Waals surface area contributed by atoms with Gasteiger partial charge in [0, 0.05) is 43.3 Å². The number of benzene rings is 10. The fraction of sp³-hybridized carbons (Fsp3) is 0.225. The lowest BCUT2D eigenvalue weighted by atomic mass is 9.36. The van der Waals surface area contributed by atoms with Gasteiger partial charge in [0.05, 0.1) is 16.5 Å². The van der Waals surface area contributed by atoms with Crippen molar-refractivity contribution in [1.29, 1.82) is 0 Å². The van der Waals surface area contributed by atoms with Crippen molar-refractivity contribution in [3.63, 3.8) is 0 Å². The number of anilines is 6. The summed E-state index contributed by atoms with van der Waals surface area (Å²) in [4.78, 5) is 5.31. The van der Waals surface area contributed by atoms with E-state index in [4.69, 9.17) is 0 Å². The number of thiophene rings is 1. The lowest BCUT2D eigenvalue weighted by Gasteiger charge is -2.50. The van der Waals surface area contributed by atoms with Crippen molar-refractivity contribution < 1.29 is 0 Å². The molecular formula is C80H73BN2S. The van der Waals surface area contributed by atoms with Crippen LogP contribution in [0.25, 0.3) is 21.2 Å². The van der Waals surface area contributed by atoms with E-state index in [-0.39, 0.29) is 28.4 Å². The molecule has 11 aromatic rings. The maximum Gasteiger partial charge on any atom is 0.264 e. The summed E-state index contributed by atoms with van der Waals surface area (Å²) in [6, 6.07) is 87.7. The quantitative estimate of drug-likeness (QED) is 0.162. The normalized spacial score (nSPS) is 15.3. The molecule has 0 bridgehead atoms. The molecule has 2 aliphatic heterocycles.